The fraction of sp³-hybridized carbons (Fsp3) is 0.417. The smallest absolute Gasteiger partial charge is 0.239 e. The number of carbonyl (C=O) groups excluding carboxylic acids is 1. The Morgan fingerprint density at radius 2 is 2.22 bits per heavy atom. The summed E-state index contributed by atoms with van der Waals surface area (Å²) in [6.07, 6.45) is 0. The topological polar surface area (TPSA) is 73.6 Å². The molecule has 18 heavy (non-hydrogen) atoms. The highest BCUT2D eigenvalue weighted by molar-refractivity contribution is 6.31. The molecule has 5 nitrogen and oxygen atoms in total. The number of carbonyl (C=O) groups is 1. The Hall–Kier alpha value is -1.30. The van der Waals surface area contributed by atoms with Crippen LogP contribution in [0, 0.1) is 0 Å². The van der Waals surface area contributed by atoms with E-state index in [1.165, 1.54) is 7.11 Å². The van der Waals surface area contributed by atoms with Gasteiger partial charge in [0.15, 0.2) is 0 Å². The van der Waals surface area contributed by atoms with Crippen molar-refractivity contribution in [3.8, 4) is 5.75 Å². The van der Waals surface area contributed by atoms with Crippen LogP contribution in [0.3, 0.4) is 0 Å². The van der Waals surface area contributed by atoms with E-state index in [1.54, 1.807) is 25.3 Å². The molecule has 1 aromatic rings. The van der Waals surface area contributed by atoms with Gasteiger partial charge in [-0.15, -0.1) is 0 Å². The molecule has 1 unspecified atom stereocenters. The molecule has 0 spiro atoms. The molecule has 0 aliphatic heterocycles. The normalized spacial score (nSPS) is 12.2. The van der Waals surface area contributed by atoms with Crippen LogP contribution in [-0.2, 0) is 9.53 Å². The Morgan fingerprint density at radius 3 is 2.78 bits per heavy atom. The summed E-state index contributed by atoms with van der Waals surface area (Å²) < 4.78 is 10.1. The molecule has 1 rings (SSSR count). The number of nitrogens with one attached hydrogen (secondary N) is 1. The molecule has 0 bridgehead atoms. The van der Waals surface area contributed by atoms with Gasteiger partial charge < -0.3 is 15.2 Å². The molecule has 3 N–H and O–H groups in total. The number of benzene rings is 1. The number of amides is 1. The van der Waals surface area contributed by atoms with Gasteiger partial charge in [-0.25, -0.2) is 0 Å². The van der Waals surface area contributed by atoms with Crippen LogP contribution in [-0.4, -0.2) is 33.3 Å². The fourth-order valence-corrected chi connectivity index (χ4v) is 1.90. The molecular weight excluding hydrogens is 256 g/mol. The minimum absolute atomic E-state index is 0.433. The average molecular weight is 273 g/mol. The van der Waals surface area contributed by atoms with Gasteiger partial charge in [0, 0.05) is 24.2 Å². The summed E-state index contributed by atoms with van der Waals surface area (Å²) in [5, 5.41) is 3.42. The molecule has 1 amide bonds. The standard InChI is InChI=1S/C12H17ClN2O3/c1-17-7-6-15-11(12(14)16)10-8(13)4-3-5-9(10)18-2/h3-5,11,15H,6-7H2,1-2H3,(H2,14,16). The molecule has 0 aliphatic rings. The van der Waals surface area contributed by atoms with E-state index in [-0.39, 0.29) is 0 Å². The molecule has 0 fully saturated rings. The van der Waals surface area contributed by atoms with Crippen molar-refractivity contribution in [3.05, 3.63) is 28.8 Å². The van der Waals surface area contributed by atoms with Gasteiger partial charge in [-0.1, -0.05) is 17.7 Å². The van der Waals surface area contributed by atoms with Crippen molar-refractivity contribution in [3.63, 3.8) is 0 Å². The summed E-state index contributed by atoms with van der Waals surface area (Å²) >= 11 is 6.10. The van der Waals surface area contributed by atoms with Crippen LogP contribution in [0.15, 0.2) is 18.2 Å². The second-order valence-electron chi connectivity index (χ2n) is 3.64. The number of methoxy groups -OCH3 is 2. The Bertz CT molecular complexity index is 412. The summed E-state index contributed by atoms with van der Waals surface area (Å²) in [6, 6.07) is 4.46. The first kappa shape index (κ1) is 14.8. The van der Waals surface area contributed by atoms with Crippen LogP contribution in [0.25, 0.3) is 0 Å². The molecule has 6 heteroatoms. The van der Waals surface area contributed by atoms with Crippen LogP contribution in [0.1, 0.15) is 11.6 Å². The largest absolute Gasteiger partial charge is 0.496 e. The lowest BCUT2D eigenvalue weighted by Gasteiger charge is -2.19. The molecule has 0 aromatic heterocycles. The second-order valence-corrected chi connectivity index (χ2v) is 4.05. The summed E-state index contributed by atoms with van der Waals surface area (Å²) in [7, 11) is 3.10. The predicted octanol–water partition coefficient (Wildman–Crippen LogP) is 1.11. The van der Waals surface area contributed by atoms with E-state index in [4.69, 9.17) is 26.8 Å². The molecule has 1 atom stereocenters. The summed E-state index contributed by atoms with van der Waals surface area (Å²) in [5.41, 5.74) is 5.93. The maximum atomic E-state index is 11.5. The highest BCUT2D eigenvalue weighted by Gasteiger charge is 2.23. The predicted molar refractivity (Wildman–Crippen MR) is 69.8 cm³/mol. The van der Waals surface area contributed by atoms with E-state index >= 15 is 0 Å². The lowest BCUT2D eigenvalue weighted by atomic mass is 10.0. The van der Waals surface area contributed by atoms with E-state index in [0.29, 0.717) is 29.5 Å². The maximum absolute atomic E-state index is 11.5. The summed E-state index contributed by atoms with van der Waals surface area (Å²) in [5.74, 6) is 0.00807. The van der Waals surface area contributed by atoms with E-state index in [0.717, 1.165) is 0 Å². The fourth-order valence-electron chi connectivity index (χ4n) is 1.63. The average Bonchev–Trinajstić information content (AvgIpc) is 2.35. The van der Waals surface area contributed by atoms with Gasteiger partial charge in [0.1, 0.15) is 11.8 Å². The van der Waals surface area contributed by atoms with Crippen molar-refractivity contribution in [1.29, 1.82) is 0 Å². The van der Waals surface area contributed by atoms with E-state index < -0.39 is 11.9 Å². The maximum Gasteiger partial charge on any atom is 0.239 e. The van der Waals surface area contributed by atoms with Crippen LogP contribution < -0.4 is 15.8 Å². The van der Waals surface area contributed by atoms with Crippen molar-refractivity contribution in [2.75, 3.05) is 27.4 Å². The number of rotatable bonds is 7. The van der Waals surface area contributed by atoms with E-state index in [1.807, 2.05) is 0 Å². The van der Waals surface area contributed by atoms with Gasteiger partial charge in [-0.2, -0.15) is 0 Å². The number of ether oxygens (including phenoxy) is 2. The molecule has 0 saturated heterocycles. The number of hydrogen-bond donors (Lipinski definition) is 2. The highest BCUT2D eigenvalue weighted by atomic mass is 35.5. The van der Waals surface area contributed by atoms with Gasteiger partial charge in [-0.05, 0) is 12.1 Å². The molecule has 100 valence electrons. The molecule has 0 saturated carbocycles. The van der Waals surface area contributed by atoms with Crippen molar-refractivity contribution in [2.45, 2.75) is 6.04 Å². The SMILES string of the molecule is COCCNC(C(N)=O)c1c(Cl)cccc1OC. The van der Waals surface area contributed by atoms with Crippen LogP contribution >= 0.6 is 11.6 Å². The summed E-state index contributed by atoms with van der Waals surface area (Å²) in [4.78, 5) is 11.5. The monoisotopic (exact) mass is 272 g/mol. The van der Waals surface area contributed by atoms with Crippen LogP contribution in [0.5, 0.6) is 5.75 Å². The molecule has 1 aromatic carbocycles. The zero-order chi connectivity index (χ0) is 13.5. The number of nitrogens with two attached hydrogens (primary N) is 1. The van der Waals surface area contributed by atoms with Crippen molar-refractivity contribution >= 4 is 17.5 Å². The van der Waals surface area contributed by atoms with Gasteiger partial charge in [0.25, 0.3) is 0 Å². The van der Waals surface area contributed by atoms with Crippen LogP contribution in [0.4, 0.5) is 0 Å². The number of primary amides is 1. The number of hydrogen-bond acceptors (Lipinski definition) is 4. The zero-order valence-electron chi connectivity index (χ0n) is 10.4. The van der Waals surface area contributed by atoms with Gasteiger partial charge in [0.05, 0.1) is 13.7 Å². The first-order valence-electron chi connectivity index (χ1n) is 5.45. The van der Waals surface area contributed by atoms with Gasteiger partial charge in [0.2, 0.25) is 5.91 Å². The van der Waals surface area contributed by atoms with Crippen molar-refractivity contribution in [2.24, 2.45) is 5.73 Å². The lowest BCUT2D eigenvalue weighted by Crippen LogP contribution is -2.35. The Kier molecular flexibility index (Phi) is 5.91. The molecule has 0 heterocycles. The van der Waals surface area contributed by atoms with Crippen molar-refractivity contribution in [1.82, 2.24) is 5.32 Å². The molecule has 0 aliphatic carbocycles. The third kappa shape index (κ3) is 3.60. The third-order valence-electron chi connectivity index (χ3n) is 2.46. The first-order valence-corrected chi connectivity index (χ1v) is 5.83. The molecular formula is C12H17ClN2O3. The second kappa shape index (κ2) is 7.20. The quantitative estimate of drug-likeness (QED) is 0.730. The Balaban J connectivity index is 3.01. The van der Waals surface area contributed by atoms with E-state index in [9.17, 15) is 4.79 Å². The van der Waals surface area contributed by atoms with Gasteiger partial charge in [-0.3, -0.25) is 10.1 Å². The van der Waals surface area contributed by atoms with E-state index in [2.05, 4.69) is 5.32 Å². The minimum atomic E-state index is -0.705. The third-order valence-corrected chi connectivity index (χ3v) is 2.79. The minimum Gasteiger partial charge on any atom is -0.496 e. The Morgan fingerprint density at radius 1 is 1.50 bits per heavy atom. The first-order chi connectivity index (χ1) is 8.61. The number of halogens is 1. The highest BCUT2D eigenvalue weighted by Crippen LogP contribution is 2.31. The zero-order valence-corrected chi connectivity index (χ0v) is 11.2. The summed E-state index contributed by atoms with van der Waals surface area (Å²) in [6.45, 7) is 0.953. The van der Waals surface area contributed by atoms with Crippen LogP contribution in [0.2, 0.25) is 5.02 Å². The lowest BCUT2D eigenvalue weighted by molar-refractivity contribution is -0.120. The van der Waals surface area contributed by atoms with Crippen molar-refractivity contribution < 1.29 is 14.3 Å². The van der Waals surface area contributed by atoms with Gasteiger partial charge >= 0.3 is 0 Å². The Labute approximate surface area is 111 Å². The molecule has 0 radical (unpaired) electrons.